The zero-order chi connectivity index (χ0) is 21.9. The molecule has 6 fully saturated rings. The summed E-state index contributed by atoms with van der Waals surface area (Å²) in [6.07, 6.45) is 13.9. The van der Waals surface area contributed by atoms with Crippen LogP contribution in [0.25, 0.3) is 0 Å². The van der Waals surface area contributed by atoms with Crippen molar-refractivity contribution in [2.24, 2.45) is 52.3 Å². The molecule has 0 radical (unpaired) electrons. The number of fused-ring (bicyclic) bond motifs is 12. The van der Waals surface area contributed by atoms with Crippen molar-refractivity contribution < 1.29 is 18.5 Å². The van der Waals surface area contributed by atoms with Crippen LogP contribution in [0.1, 0.15) is 65.2 Å². The van der Waals surface area contributed by atoms with Crippen molar-refractivity contribution in [3.05, 3.63) is 11.6 Å². The van der Waals surface area contributed by atoms with E-state index >= 15 is 0 Å². The molecule has 7 aliphatic rings. The molecule has 0 unspecified atom stereocenters. The van der Waals surface area contributed by atoms with E-state index < -0.39 is 10.8 Å². The molecule has 170 valence electrons. The van der Waals surface area contributed by atoms with E-state index in [-0.39, 0.29) is 22.4 Å². The van der Waals surface area contributed by atoms with E-state index in [0.717, 1.165) is 48.9 Å². The lowest BCUT2D eigenvalue weighted by molar-refractivity contribution is -0.177. The molecule has 1 heterocycles. The molecular weight excluding hydrogens is 408 g/mol. The maximum Gasteiger partial charge on any atom is 0.306 e. The number of ketones is 1. The number of hydrogen-bond donors (Lipinski definition) is 0. The van der Waals surface area contributed by atoms with Crippen LogP contribution in [0.4, 0.5) is 0 Å². The molecule has 1 spiro atoms. The molecule has 31 heavy (non-hydrogen) atoms. The number of ether oxygens (including phenoxy) is 1. The van der Waals surface area contributed by atoms with Gasteiger partial charge in [-0.2, -0.15) is 0 Å². The van der Waals surface area contributed by atoms with Gasteiger partial charge in [0.2, 0.25) is 0 Å². The summed E-state index contributed by atoms with van der Waals surface area (Å²) in [4.78, 5) is 24.3. The van der Waals surface area contributed by atoms with Crippen LogP contribution in [0, 0.1) is 52.3 Å². The summed E-state index contributed by atoms with van der Waals surface area (Å²) in [6.45, 7) is 4.99. The smallest absolute Gasteiger partial charge is 0.306 e. The van der Waals surface area contributed by atoms with Crippen molar-refractivity contribution >= 4 is 22.6 Å². The SMILES string of the molecule is CS(C)=O.C[C@]12CCC(=O)C=C1[C@@H]1C[C@@H]1[C@H]1[C@@H]3[C@@H]4C[C@@H]4[C@@]4(CCC(=O)O4)[C@@]3(C)CC[C@@H]12. The van der Waals surface area contributed by atoms with Crippen molar-refractivity contribution in [2.45, 2.75) is 70.8 Å². The van der Waals surface area contributed by atoms with Crippen LogP contribution in [0.15, 0.2) is 11.6 Å². The molecule has 7 rings (SSSR count). The van der Waals surface area contributed by atoms with Gasteiger partial charge in [-0.1, -0.05) is 19.4 Å². The molecular formula is C26H36O4S. The van der Waals surface area contributed by atoms with E-state index in [0.29, 0.717) is 24.0 Å². The van der Waals surface area contributed by atoms with E-state index in [1.54, 1.807) is 12.5 Å². The molecule has 6 aliphatic carbocycles. The molecule has 5 saturated carbocycles. The minimum Gasteiger partial charge on any atom is -0.458 e. The lowest BCUT2D eigenvalue weighted by atomic mass is 9.45. The number of hydrogen-bond acceptors (Lipinski definition) is 4. The monoisotopic (exact) mass is 444 g/mol. The van der Waals surface area contributed by atoms with E-state index in [1.807, 2.05) is 0 Å². The second-order valence-corrected chi connectivity index (χ2v) is 13.7. The molecule has 1 saturated heterocycles. The van der Waals surface area contributed by atoms with E-state index in [1.165, 1.54) is 31.3 Å². The number of esters is 1. The van der Waals surface area contributed by atoms with Gasteiger partial charge in [0.05, 0.1) is 0 Å². The first-order chi connectivity index (χ1) is 14.6. The third kappa shape index (κ3) is 2.56. The first-order valence-electron chi connectivity index (χ1n) is 12.3. The Bertz CT molecular complexity index is 920. The highest BCUT2D eigenvalue weighted by molar-refractivity contribution is 7.83. The maximum atomic E-state index is 12.2. The van der Waals surface area contributed by atoms with E-state index in [4.69, 9.17) is 4.74 Å². The van der Waals surface area contributed by atoms with Crippen molar-refractivity contribution in [2.75, 3.05) is 12.5 Å². The topological polar surface area (TPSA) is 60.4 Å². The van der Waals surface area contributed by atoms with Crippen molar-refractivity contribution in [3.63, 3.8) is 0 Å². The standard InChI is InChI=1S/C24H30O3.C2H6OS/c1-22-6-3-12(25)9-17(22)13-10-14(13)20-16(22)4-7-23(2)21(20)15-11-18(15)24(23)8-5-19(26)27-24;1-4(2)3/h9,13-16,18,20-21H,3-8,10-11H2,1-2H3;1-2H3/t13-,14+,15-,16+,18+,20-,21+,22-,23+,24+;/m1./s1. The number of rotatable bonds is 0. The number of allylic oxidation sites excluding steroid dienone is 1. The number of carbonyl (C=O) groups excluding carboxylic acids is 2. The normalized spacial score (nSPS) is 55.1. The minimum atomic E-state index is -0.611. The van der Waals surface area contributed by atoms with E-state index in [9.17, 15) is 13.8 Å². The maximum absolute atomic E-state index is 12.2. The zero-order valence-electron chi connectivity index (χ0n) is 19.3. The van der Waals surface area contributed by atoms with Crippen molar-refractivity contribution in [3.8, 4) is 0 Å². The Morgan fingerprint density at radius 1 is 1.00 bits per heavy atom. The Morgan fingerprint density at radius 3 is 2.42 bits per heavy atom. The lowest BCUT2D eigenvalue weighted by Crippen LogP contribution is -2.57. The summed E-state index contributed by atoms with van der Waals surface area (Å²) in [5, 5.41) is 0. The predicted octanol–water partition coefficient (Wildman–Crippen LogP) is 4.30. The molecule has 5 heteroatoms. The summed E-state index contributed by atoms with van der Waals surface area (Å²) < 4.78 is 15.8. The predicted molar refractivity (Wildman–Crippen MR) is 119 cm³/mol. The highest BCUT2D eigenvalue weighted by Gasteiger charge is 2.81. The van der Waals surface area contributed by atoms with Crippen LogP contribution < -0.4 is 0 Å². The third-order valence-electron chi connectivity index (χ3n) is 10.9. The van der Waals surface area contributed by atoms with Gasteiger partial charge in [-0.15, -0.1) is 0 Å². The van der Waals surface area contributed by atoms with Gasteiger partial charge < -0.3 is 4.74 Å². The second kappa shape index (κ2) is 6.33. The summed E-state index contributed by atoms with van der Waals surface area (Å²) >= 11 is 0. The molecule has 4 nitrogen and oxygen atoms in total. The van der Waals surface area contributed by atoms with Gasteiger partial charge in [0.1, 0.15) is 5.60 Å². The van der Waals surface area contributed by atoms with Crippen LogP contribution in [-0.4, -0.2) is 34.1 Å². The third-order valence-corrected chi connectivity index (χ3v) is 10.9. The highest BCUT2D eigenvalue weighted by atomic mass is 32.2. The largest absolute Gasteiger partial charge is 0.458 e. The van der Waals surface area contributed by atoms with Gasteiger partial charge in [-0.3, -0.25) is 13.8 Å². The molecule has 0 amide bonds. The highest BCUT2D eigenvalue weighted by Crippen LogP contribution is 2.82. The fraction of sp³-hybridized carbons (Fsp3) is 0.846. The van der Waals surface area contributed by atoms with Crippen molar-refractivity contribution in [1.82, 2.24) is 0 Å². The minimum absolute atomic E-state index is 0.0561. The first kappa shape index (κ1) is 20.6. The van der Waals surface area contributed by atoms with E-state index in [2.05, 4.69) is 19.9 Å². The van der Waals surface area contributed by atoms with Crippen molar-refractivity contribution in [1.29, 1.82) is 0 Å². The van der Waals surface area contributed by atoms with Crippen LogP contribution in [0.5, 0.6) is 0 Å². The van der Waals surface area contributed by atoms with Crippen LogP contribution in [-0.2, 0) is 25.1 Å². The van der Waals surface area contributed by atoms with Gasteiger partial charge in [0.25, 0.3) is 0 Å². The molecule has 0 aromatic heterocycles. The Kier molecular flexibility index (Phi) is 4.21. The molecule has 10 atom stereocenters. The van der Waals surface area contributed by atoms with Crippen LogP contribution >= 0.6 is 0 Å². The molecule has 0 bridgehead atoms. The van der Waals surface area contributed by atoms with Gasteiger partial charge in [-0.05, 0) is 85.5 Å². The van der Waals surface area contributed by atoms with Gasteiger partial charge in [0.15, 0.2) is 5.78 Å². The average Bonchev–Trinajstić information content (AvgIpc) is 3.59. The van der Waals surface area contributed by atoms with Gasteiger partial charge in [0, 0.05) is 47.5 Å². The fourth-order valence-electron chi connectivity index (χ4n) is 9.74. The Balaban J connectivity index is 0.000000430. The Hall–Kier alpha value is -0.970. The van der Waals surface area contributed by atoms with Gasteiger partial charge >= 0.3 is 5.97 Å². The first-order valence-corrected chi connectivity index (χ1v) is 14.3. The lowest BCUT2D eigenvalue weighted by Gasteiger charge is -2.60. The second-order valence-electron chi connectivity index (χ2n) is 12.3. The zero-order valence-corrected chi connectivity index (χ0v) is 20.1. The van der Waals surface area contributed by atoms with Crippen LogP contribution in [0.2, 0.25) is 0 Å². The molecule has 0 aromatic rings. The quantitative estimate of drug-likeness (QED) is 0.523. The molecule has 1 aliphatic heterocycles. The summed E-state index contributed by atoms with van der Waals surface area (Å²) in [5.74, 6) is 5.65. The fourth-order valence-corrected chi connectivity index (χ4v) is 9.74. The van der Waals surface area contributed by atoms with Crippen LogP contribution in [0.3, 0.4) is 0 Å². The molecule has 0 aromatic carbocycles. The Morgan fingerprint density at radius 2 is 1.74 bits per heavy atom. The average molecular weight is 445 g/mol. The summed E-state index contributed by atoms with van der Waals surface area (Å²) in [7, 11) is -0.611. The molecule has 0 N–H and O–H groups in total. The summed E-state index contributed by atoms with van der Waals surface area (Å²) in [6, 6.07) is 0. The van der Waals surface area contributed by atoms with Gasteiger partial charge in [-0.25, -0.2) is 0 Å². The number of carbonyl (C=O) groups is 2. The summed E-state index contributed by atoms with van der Waals surface area (Å²) in [5.41, 5.74) is 1.85. The Labute approximate surface area is 188 Å².